The first-order valence-corrected chi connectivity index (χ1v) is 8.79. The third-order valence-corrected chi connectivity index (χ3v) is 5.21. The molecule has 2 unspecified atom stereocenters. The van der Waals surface area contributed by atoms with E-state index in [0.29, 0.717) is 12.1 Å². The number of imidazole rings is 1. The highest BCUT2D eigenvalue weighted by Crippen LogP contribution is 2.24. The third-order valence-electron chi connectivity index (χ3n) is 5.21. The fourth-order valence-electron chi connectivity index (χ4n) is 3.79. The summed E-state index contributed by atoms with van der Waals surface area (Å²) in [5.74, 6) is 0.914. The Morgan fingerprint density at radius 2 is 2.12 bits per heavy atom. The summed E-state index contributed by atoms with van der Waals surface area (Å²) < 4.78 is 7.41. The molecule has 0 spiro atoms. The van der Waals surface area contributed by atoms with Crippen molar-refractivity contribution >= 4 is 0 Å². The molecule has 0 aliphatic carbocycles. The maximum atomic E-state index is 5.48. The Balaban J connectivity index is 1.38. The quantitative estimate of drug-likeness (QED) is 0.853. The average molecular weight is 327 g/mol. The topological polar surface area (TPSA) is 46.4 Å². The van der Waals surface area contributed by atoms with Gasteiger partial charge in [-0.05, 0) is 25.0 Å². The van der Waals surface area contributed by atoms with Gasteiger partial charge in [-0.1, -0.05) is 6.07 Å². The number of aromatic nitrogens is 3. The predicted octanol–water partition coefficient (Wildman–Crippen LogP) is 1.56. The van der Waals surface area contributed by atoms with Gasteiger partial charge in [0.15, 0.2) is 0 Å². The first-order valence-electron chi connectivity index (χ1n) is 8.79. The first kappa shape index (κ1) is 15.7. The highest BCUT2D eigenvalue weighted by atomic mass is 16.5. The summed E-state index contributed by atoms with van der Waals surface area (Å²) in [5, 5.41) is 0. The van der Waals surface area contributed by atoms with Crippen molar-refractivity contribution in [2.75, 3.05) is 32.8 Å². The van der Waals surface area contributed by atoms with Gasteiger partial charge < -0.3 is 4.74 Å². The SMILES string of the molecule is CC1CC(N2CCOCC2)CN1Cc1ccc(-n2ccnc2)nc1. The van der Waals surface area contributed by atoms with Crippen LogP contribution in [0.5, 0.6) is 0 Å². The van der Waals surface area contributed by atoms with Gasteiger partial charge in [0, 0.05) is 56.9 Å². The van der Waals surface area contributed by atoms with Crippen LogP contribution >= 0.6 is 0 Å². The van der Waals surface area contributed by atoms with E-state index in [4.69, 9.17) is 4.74 Å². The van der Waals surface area contributed by atoms with Crippen LogP contribution in [0.25, 0.3) is 5.82 Å². The average Bonchev–Trinajstić information content (AvgIpc) is 3.27. The van der Waals surface area contributed by atoms with E-state index in [1.165, 1.54) is 12.0 Å². The molecule has 2 saturated heterocycles. The lowest BCUT2D eigenvalue weighted by Crippen LogP contribution is -2.44. The van der Waals surface area contributed by atoms with Crippen LogP contribution < -0.4 is 0 Å². The Labute approximate surface area is 143 Å². The predicted molar refractivity (Wildman–Crippen MR) is 92.0 cm³/mol. The summed E-state index contributed by atoms with van der Waals surface area (Å²) in [6, 6.07) is 5.53. The molecule has 0 radical (unpaired) electrons. The van der Waals surface area contributed by atoms with Crippen molar-refractivity contribution in [3.63, 3.8) is 0 Å². The lowest BCUT2D eigenvalue weighted by Gasteiger charge is -2.32. The number of rotatable bonds is 4. The zero-order chi connectivity index (χ0) is 16.4. The smallest absolute Gasteiger partial charge is 0.137 e. The fraction of sp³-hybridized carbons (Fsp3) is 0.556. The number of pyridine rings is 1. The number of likely N-dealkylation sites (tertiary alicyclic amines) is 1. The first-order chi connectivity index (χ1) is 11.8. The van der Waals surface area contributed by atoms with E-state index in [0.717, 1.165) is 45.2 Å². The summed E-state index contributed by atoms with van der Waals surface area (Å²) in [5.41, 5.74) is 1.27. The van der Waals surface area contributed by atoms with Crippen LogP contribution in [0.4, 0.5) is 0 Å². The lowest BCUT2D eigenvalue weighted by molar-refractivity contribution is 0.0183. The van der Waals surface area contributed by atoms with E-state index in [9.17, 15) is 0 Å². The molecule has 0 saturated carbocycles. The molecule has 0 aromatic carbocycles. The van der Waals surface area contributed by atoms with Gasteiger partial charge in [-0.25, -0.2) is 9.97 Å². The van der Waals surface area contributed by atoms with Crippen molar-refractivity contribution in [1.82, 2.24) is 24.3 Å². The minimum Gasteiger partial charge on any atom is -0.379 e. The number of morpholine rings is 1. The Hall–Kier alpha value is -1.76. The number of hydrogen-bond acceptors (Lipinski definition) is 5. The molecule has 2 fully saturated rings. The van der Waals surface area contributed by atoms with Crippen LogP contribution in [-0.2, 0) is 11.3 Å². The fourth-order valence-corrected chi connectivity index (χ4v) is 3.79. The highest BCUT2D eigenvalue weighted by Gasteiger charge is 2.33. The zero-order valence-electron chi connectivity index (χ0n) is 14.2. The van der Waals surface area contributed by atoms with Gasteiger partial charge in [0.25, 0.3) is 0 Å². The Morgan fingerprint density at radius 3 is 2.83 bits per heavy atom. The van der Waals surface area contributed by atoms with Crippen molar-refractivity contribution in [2.45, 2.75) is 32.0 Å². The van der Waals surface area contributed by atoms with Gasteiger partial charge in [-0.15, -0.1) is 0 Å². The molecule has 2 atom stereocenters. The molecule has 0 bridgehead atoms. The maximum Gasteiger partial charge on any atom is 0.137 e. The van der Waals surface area contributed by atoms with Gasteiger partial charge >= 0.3 is 0 Å². The molecule has 128 valence electrons. The van der Waals surface area contributed by atoms with E-state index in [1.54, 1.807) is 12.5 Å². The van der Waals surface area contributed by atoms with Crippen LogP contribution in [0.2, 0.25) is 0 Å². The Kier molecular flexibility index (Phi) is 4.60. The van der Waals surface area contributed by atoms with Crippen molar-refractivity contribution in [3.8, 4) is 5.82 Å². The van der Waals surface area contributed by atoms with Gasteiger partial charge in [0.1, 0.15) is 12.1 Å². The number of hydrogen-bond donors (Lipinski definition) is 0. The molecule has 0 N–H and O–H groups in total. The minimum absolute atomic E-state index is 0.617. The molecule has 0 amide bonds. The van der Waals surface area contributed by atoms with Crippen molar-refractivity contribution < 1.29 is 4.74 Å². The largest absolute Gasteiger partial charge is 0.379 e. The molecular weight excluding hydrogens is 302 g/mol. The molecule has 2 aromatic heterocycles. The second kappa shape index (κ2) is 7.01. The van der Waals surface area contributed by atoms with Crippen LogP contribution in [0, 0.1) is 0 Å². The van der Waals surface area contributed by atoms with E-state index >= 15 is 0 Å². The summed E-state index contributed by atoms with van der Waals surface area (Å²) in [7, 11) is 0. The van der Waals surface area contributed by atoms with E-state index in [-0.39, 0.29) is 0 Å². The molecular formula is C18H25N5O. The van der Waals surface area contributed by atoms with E-state index in [1.807, 2.05) is 17.0 Å². The Morgan fingerprint density at radius 1 is 1.25 bits per heavy atom. The minimum atomic E-state index is 0.617. The Bertz CT molecular complexity index is 636. The second-order valence-corrected chi connectivity index (χ2v) is 6.81. The molecule has 2 aliphatic rings. The van der Waals surface area contributed by atoms with Gasteiger partial charge in [0.2, 0.25) is 0 Å². The normalized spacial score (nSPS) is 26.0. The van der Waals surface area contributed by atoms with E-state index in [2.05, 4.69) is 38.8 Å². The molecule has 24 heavy (non-hydrogen) atoms. The van der Waals surface area contributed by atoms with Gasteiger partial charge in [0.05, 0.1) is 13.2 Å². The highest BCUT2D eigenvalue weighted by molar-refractivity contribution is 5.25. The summed E-state index contributed by atoms with van der Waals surface area (Å²) in [6.45, 7) is 8.37. The monoisotopic (exact) mass is 327 g/mol. The van der Waals surface area contributed by atoms with Crippen LogP contribution in [0.15, 0.2) is 37.1 Å². The van der Waals surface area contributed by atoms with E-state index < -0.39 is 0 Å². The number of ether oxygens (including phenoxy) is 1. The van der Waals surface area contributed by atoms with Crippen molar-refractivity contribution in [2.24, 2.45) is 0 Å². The third kappa shape index (κ3) is 3.36. The summed E-state index contributed by atoms with van der Waals surface area (Å²) >= 11 is 0. The van der Waals surface area contributed by atoms with Crippen LogP contribution in [0.3, 0.4) is 0 Å². The molecule has 6 nitrogen and oxygen atoms in total. The summed E-state index contributed by atoms with van der Waals surface area (Å²) in [4.78, 5) is 13.8. The van der Waals surface area contributed by atoms with Crippen molar-refractivity contribution in [1.29, 1.82) is 0 Å². The van der Waals surface area contributed by atoms with Gasteiger partial charge in [-0.2, -0.15) is 0 Å². The lowest BCUT2D eigenvalue weighted by atomic mass is 10.1. The van der Waals surface area contributed by atoms with Crippen LogP contribution in [0.1, 0.15) is 18.9 Å². The van der Waals surface area contributed by atoms with Crippen molar-refractivity contribution in [3.05, 3.63) is 42.6 Å². The zero-order valence-corrected chi connectivity index (χ0v) is 14.2. The van der Waals surface area contributed by atoms with Crippen LogP contribution in [-0.4, -0.2) is 69.3 Å². The van der Waals surface area contributed by atoms with Gasteiger partial charge in [-0.3, -0.25) is 14.4 Å². The summed E-state index contributed by atoms with van der Waals surface area (Å²) in [6.07, 6.45) is 8.70. The molecule has 2 aliphatic heterocycles. The molecule has 2 aromatic rings. The molecule has 4 rings (SSSR count). The standard InChI is InChI=1S/C18H25N5O/c1-15-10-17(21-6-8-24-9-7-21)13-23(15)12-16-2-3-18(20-11-16)22-5-4-19-14-22/h2-5,11,14-15,17H,6-10,12-13H2,1H3. The number of nitrogens with zero attached hydrogens (tertiary/aromatic N) is 5. The molecule has 6 heteroatoms. The maximum absolute atomic E-state index is 5.48. The second-order valence-electron chi connectivity index (χ2n) is 6.81. The molecule has 4 heterocycles.